The Kier molecular flexibility index (Phi) is 5.23. The number of Topliss-reactive ketones (excluding diaryl/α,β-unsaturated/α-hetero) is 1. The molecule has 0 saturated carbocycles. The minimum absolute atomic E-state index is 0.0714. The molecule has 0 saturated heterocycles. The van der Waals surface area contributed by atoms with Crippen LogP contribution in [0.3, 0.4) is 0 Å². The van der Waals surface area contributed by atoms with Gasteiger partial charge < -0.3 is 9.73 Å². The van der Waals surface area contributed by atoms with Crippen LogP contribution in [0.1, 0.15) is 35.2 Å². The summed E-state index contributed by atoms with van der Waals surface area (Å²) < 4.78 is 28.2. The van der Waals surface area contributed by atoms with E-state index in [-0.39, 0.29) is 23.0 Å². The van der Waals surface area contributed by atoms with E-state index >= 15 is 0 Å². The summed E-state index contributed by atoms with van der Waals surface area (Å²) in [5.74, 6) is 0.841. The lowest BCUT2D eigenvalue weighted by Gasteiger charge is -2.05. The molecule has 1 aromatic carbocycles. The standard InChI is InChI=1S/C17H19NO5S/c1-11(19)16-10-14(23-12(16)2)6-9-17(20)18-13-4-7-15(8-5-13)24(3,21)22/h4-5,7-8,10H,6,9H2,1-3H3,(H,18,20). The molecule has 0 atom stereocenters. The Morgan fingerprint density at radius 1 is 1.17 bits per heavy atom. The molecule has 1 aromatic heterocycles. The first-order valence-corrected chi connectivity index (χ1v) is 9.26. The minimum atomic E-state index is -3.26. The number of furan rings is 1. The van der Waals surface area contributed by atoms with Crippen LogP contribution in [0.4, 0.5) is 5.69 Å². The number of benzene rings is 1. The Labute approximate surface area is 140 Å². The summed E-state index contributed by atoms with van der Waals surface area (Å²) in [6, 6.07) is 7.63. The van der Waals surface area contributed by atoms with Gasteiger partial charge in [0.15, 0.2) is 15.6 Å². The maximum Gasteiger partial charge on any atom is 0.224 e. The lowest BCUT2D eigenvalue weighted by molar-refractivity contribution is -0.116. The molecular formula is C17H19NO5S. The van der Waals surface area contributed by atoms with Gasteiger partial charge in [0.05, 0.1) is 10.5 Å². The number of ketones is 1. The van der Waals surface area contributed by atoms with Crippen LogP contribution in [0.25, 0.3) is 0 Å². The summed E-state index contributed by atoms with van der Waals surface area (Å²) in [5, 5.41) is 2.69. The Bertz CT molecular complexity index is 863. The average molecular weight is 349 g/mol. The van der Waals surface area contributed by atoms with Gasteiger partial charge in [0.2, 0.25) is 5.91 Å². The van der Waals surface area contributed by atoms with Crippen LogP contribution >= 0.6 is 0 Å². The highest BCUT2D eigenvalue weighted by molar-refractivity contribution is 7.90. The average Bonchev–Trinajstić information content (AvgIpc) is 2.86. The molecule has 0 spiro atoms. The van der Waals surface area contributed by atoms with Crippen LogP contribution in [0, 0.1) is 6.92 Å². The monoisotopic (exact) mass is 349 g/mol. The summed E-state index contributed by atoms with van der Waals surface area (Å²) >= 11 is 0. The number of nitrogens with one attached hydrogen (secondary N) is 1. The summed E-state index contributed by atoms with van der Waals surface area (Å²) in [6.45, 7) is 3.18. The summed E-state index contributed by atoms with van der Waals surface area (Å²) in [7, 11) is -3.26. The molecule has 1 heterocycles. The number of sulfone groups is 1. The van der Waals surface area contributed by atoms with Crippen molar-refractivity contribution in [1.82, 2.24) is 0 Å². The maximum absolute atomic E-state index is 12.0. The Balaban J connectivity index is 1.94. The molecular weight excluding hydrogens is 330 g/mol. The molecule has 128 valence electrons. The number of carbonyl (C=O) groups excluding carboxylic acids is 2. The van der Waals surface area contributed by atoms with Gasteiger partial charge in [0.1, 0.15) is 11.5 Å². The first-order valence-electron chi connectivity index (χ1n) is 7.37. The number of anilines is 1. The minimum Gasteiger partial charge on any atom is -0.466 e. The Morgan fingerprint density at radius 3 is 2.29 bits per heavy atom. The van der Waals surface area contributed by atoms with Crippen molar-refractivity contribution in [3.05, 3.63) is 47.4 Å². The van der Waals surface area contributed by atoms with Crippen molar-refractivity contribution < 1.29 is 22.4 Å². The molecule has 0 fully saturated rings. The van der Waals surface area contributed by atoms with E-state index in [4.69, 9.17) is 4.42 Å². The van der Waals surface area contributed by atoms with E-state index in [9.17, 15) is 18.0 Å². The van der Waals surface area contributed by atoms with Crippen molar-refractivity contribution in [2.75, 3.05) is 11.6 Å². The SMILES string of the molecule is CC(=O)c1cc(CCC(=O)Nc2ccc(S(C)(=O)=O)cc2)oc1C. The van der Waals surface area contributed by atoms with Gasteiger partial charge in [-0.15, -0.1) is 0 Å². The second-order valence-electron chi connectivity index (χ2n) is 5.58. The first-order chi connectivity index (χ1) is 11.2. The largest absolute Gasteiger partial charge is 0.466 e. The predicted octanol–water partition coefficient (Wildman–Crippen LogP) is 2.77. The molecule has 1 N–H and O–H groups in total. The predicted molar refractivity (Wildman–Crippen MR) is 90.0 cm³/mol. The highest BCUT2D eigenvalue weighted by Gasteiger charge is 2.13. The van der Waals surface area contributed by atoms with Gasteiger partial charge in [0, 0.05) is 24.8 Å². The van der Waals surface area contributed by atoms with Crippen molar-refractivity contribution in [3.8, 4) is 0 Å². The fourth-order valence-corrected chi connectivity index (χ4v) is 2.89. The van der Waals surface area contributed by atoms with Gasteiger partial charge in [0.25, 0.3) is 0 Å². The third-order valence-corrected chi connectivity index (χ3v) is 4.64. The molecule has 0 radical (unpaired) electrons. The summed E-state index contributed by atoms with van der Waals surface area (Å²) in [5.41, 5.74) is 1.05. The second-order valence-corrected chi connectivity index (χ2v) is 7.60. The van der Waals surface area contributed by atoms with E-state index in [2.05, 4.69) is 5.32 Å². The third-order valence-electron chi connectivity index (χ3n) is 3.51. The van der Waals surface area contributed by atoms with Crippen LogP contribution in [0.15, 0.2) is 39.6 Å². The summed E-state index contributed by atoms with van der Waals surface area (Å²) in [6.07, 6.45) is 1.70. The number of rotatable bonds is 6. The highest BCUT2D eigenvalue weighted by atomic mass is 32.2. The third kappa shape index (κ3) is 4.55. The van der Waals surface area contributed by atoms with E-state index in [0.29, 0.717) is 29.2 Å². The van der Waals surface area contributed by atoms with Crippen LogP contribution < -0.4 is 5.32 Å². The molecule has 0 aliphatic heterocycles. The van der Waals surface area contributed by atoms with Gasteiger partial charge in [-0.1, -0.05) is 0 Å². The maximum atomic E-state index is 12.0. The smallest absolute Gasteiger partial charge is 0.224 e. The molecule has 24 heavy (non-hydrogen) atoms. The topological polar surface area (TPSA) is 93.5 Å². The molecule has 6 nitrogen and oxygen atoms in total. The molecule has 0 aliphatic rings. The number of amides is 1. The molecule has 7 heteroatoms. The van der Waals surface area contributed by atoms with Gasteiger partial charge in [-0.2, -0.15) is 0 Å². The number of hydrogen-bond acceptors (Lipinski definition) is 5. The lowest BCUT2D eigenvalue weighted by Crippen LogP contribution is -2.12. The van der Waals surface area contributed by atoms with Crippen LogP contribution in [0.2, 0.25) is 0 Å². The number of aryl methyl sites for hydroxylation is 2. The zero-order valence-corrected chi connectivity index (χ0v) is 14.6. The zero-order valence-electron chi connectivity index (χ0n) is 13.8. The van der Waals surface area contributed by atoms with Crippen molar-refractivity contribution >= 4 is 27.2 Å². The summed E-state index contributed by atoms with van der Waals surface area (Å²) in [4.78, 5) is 23.5. The van der Waals surface area contributed by atoms with Crippen molar-refractivity contribution in [3.63, 3.8) is 0 Å². The molecule has 0 unspecified atom stereocenters. The van der Waals surface area contributed by atoms with Gasteiger partial charge in [-0.3, -0.25) is 9.59 Å². The van der Waals surface area contributed by atoms with Gasteiger partial charge in [-0.05, 0) is 44.2 Å². The van der Waals surface area contributed by atoms with E-state index < -0.39 is 9.84 Å². The zero-order chi connectivity index (χ0) is 17.9. The highest BCUT2D eigenvalue weighted by Crippen LogP contribution is 2.18. The molecule has 0 aliphatic carbocycles. The van der Waals surface area contributed by atoms with Crippen LogP contribution in [-0.4, -0.2) is 26.4 Å². The van der Waals surface area contributed by atoms with Crippen LogP contribution in [0.5, 0.6) is 0 Å². The first kappa shape index (κ1) is 17.9. The molecule has 1 amide bonds. The Morgan fingerprint density at radius 2 is 1.79 bits per heavy atom. The fraction of sp³-hybridized carbons (Fsp3) is 0.294. The molecule has 2 aromatic rings. The quantitative estimate of drug-likeness (QED) is 0.809. The van der Waals surface area contributed by atoms with Crippen molar-refractivity contribution in [2.24, 2.45) is 0 Å². The van der Waals surface area contributed by atoms with E-state index in [1.807, 2.05) is 0 Å². The van der Waals surface area contributed by atoms with E-state index in [1.165, 1.54) is 19.1 Å². The Hall–Kier alpha value is -2.41. The molecule has 2 rings (SSSR count). The number of hydrogen-bond donors (Lipinski definition) is 1. The van der Waals surface area contributed by atoms with Crippen molar-refractivity contribution in [2.45, 2.75) is 31.6 Å². The number of carbonyl (C=O) groups is 2. The van der Waals surface area contributed by atoms with E-state index in [1.54, 1.807) is 25.1 Å². The molecule has 0 bridgehead atoms. The normalized spacial score (nSPS) is 11.3. The van der Waals surface area contributed by atoms with E-state index in [0.717, 1.165) is 6.26 Å². The van der Waals surface area contributed by atoms with Gasteiger partial charge in [-0.25, -0.2) is 8.42 Å². The van der Waals surface area contributed by atoms with Crippen molar-refractivity contribution in [1.29, 1.82) is 0 Å². The van der Waals surface area contributed by atoms with Crippen LogP contribution in [-0.2, 0) is 21.1 Å². The lowest BCUT2D eigenvalue weighted by atomic mass is 10.1. The fourth-order valence-electron chi connectivity index (χ4n) is 2.26. The van der Waals surface area contributed by atoms with Gasteiger partial charge >= 0.3 is 0 Å². The second kappa shape index (κ2) is 7.00.